The molecule has 0 spiro atoms. The summed E-state index contributed by atoms with van der Waals surface area (Å²) in [5.74, 6) is 0. The molecule has 0 aromatic heterocycles. The van der Waals surface area contributed by atoms with Crippen LogP contribution in [0.15, 0.2) is 28.7 Å². The third kappa shape index (κ3) is 3.79. The van der Waals surface area contributed by atoms with Crippen molar-refractivity contribution in [2.75, 3.05) is 13.2 Å². The van der Waals surface area contributed by atoms with Crippen molar-refractivity contribution in [3.63, 3.8) is 0 Å². The van der Waals surface area contributed by atoms with E-state index < -0.39 is 5.60 Å². The Labute approximate surface area is 117 Å². The van der Waals surface area contributed by atoms with E-state index in [1.165, 1.54) is 5.56 Å². The summed E-state index contributed by atoms with van der Waals surface area (Å²) < 4.78 is 6.83. The van der Waals surface area contributed by atoms with E-state index in [1.807, 2.05) is 0 Å². The van der Waals surface area contributed by atoms with Gasteiger partial charge in [0.1, 0.15) is 0 Å². The van der Waals surface area contributed by atoms with Gasteiger partial charge >= 0.3 is 0 Å². The van der Waals surface area contributed by atoms with Gasteiger partial charge in [-0.15, -0.1) is 0 Å². The zero-order valence-corrected chi connectivity index (χ0v) is 12.4. The molecule has 0 amide bonds. The Kier molecular flexibility index (Phi) is 4.43. The first-order valence-corrected chi connectivity index (χ1v) is 7.06. The Bertz CT molecular complexity index is 378. The first kappa shape index (κ1) is 14.0. The Morgan fingerprint density at radius 1 is 1.39 bits per heavy atom. The Hall–Kier alpha value is -0.420. The van der Waals surface area contributed by atoms with E-state index in [1.54, 1.807) is 13.8 Å². The van der Waals surface area contributed by atoms with Gasteiger partial charge in [0.05, 0.1) is 18.3 Å². The molecule has 1 aromatic rings. The van der Waals surface area contributed by atoms with Gasteiger partial charge in [0, 0.05) is 17.1 Å². The average molecular weight is 314 g/mol. The van der Waals surface area contributed by atoms with Gasteiger partial charge in [-0.25, -0.2) is 0 Å². The number of morpholine rings is 1. The minimum Gasteiger partial charge on any atom is -0.388 e. The largest absolute Gasteiger partial charge is 0.388 e. The fourth-order valence-electron chi connectivity index (χ4n) is 2.11. The van der Waals surface area contributed by atoms with Crippen molar-refractivity contribution >= 4 is 15.9 Å². The van der Waals surface area contributed by atoms with Gasteiger partial charge in [0.15, 0.2) is 0 Å². The Balaban J connectivity index is 1.85. The number of ether oxygens (including phenoxy) is 1. The molecule has 0 bridgehead atoms. The molecule has 0 saturated carbocycles. The van der Waals surface area contributed by atoms with E-state index in [-0.39, 0.29) is 6.10 Å². The Morgan fingerprint density at radius 3 is 2.56 bits per heavy atom. The second-order valence-electron chi connectivity index (χ2n) is 5.41. The number of hydrogen-bond donors (Lipinski definition) is 2. The molecule has 2 unspecified atom stereocenters. The lowest BCUT2D eigenvalue weighted by Crippen LogP contribution is -2.54. The molecule has 1 fully saturated rings. The highest BCUT2D eigenvalue weighted by Gasteiger charge is 2.31. The van der Waals surface area contributed by atoms with Gasteiger partial charge in [0.25, 0.3) is 0 Å². The van der Waals surface area contributed by atoms with Gasteiger partial charge in [-0.3, -0.25) is 0 Å². The lowest BCUT2D eigenvalue weighted by Gasteiger charge is -2.36. The van der Waals surface area contributed by atoms with Crippen LogP contribution in [0, 0.1) is 0 Å². The second-order valence-corrected chi connectivity index (χ2v) is 6.33. The average Bonchev–Trinajstić information content (AvgIpc) is 2.32. The molecule has 1 aromatic carbocycles. The summed E-state index contributed by atoms with van der Waals surface area (Å²) in [4.78, 5) is 0. The molecule has 4 heteroatoms. The zero-order valence-electron chi connectivity index (χ0n) is 10.8. The summed E-state index contributed by atoms with van der Waals surface area (Å²) in [5, 5.41) is 13.3. The molecular formula is C14H20BrNO2. The van der Waals surface area contributed by atoms with Crippen LogP contribution in [-0.2, 0) is 11.2 Å². The van der Waals surface area contributed by atoms with Gasteiger partial charge in [-0.05, 0) is 38.0 Å². The van der Waals surface area contributed by atoms with E-state index in [2.05, 4.69) is 45.5 Å². The van der Waals surface area contributed by atoms with Crippen LogP contribution in [-0.4, -0.2) is 36.0 Å². The molecule has 1 aliphatic heterocycles. The second kappa shape index (κ2) is 5.70. The lowest BCUT2D eigenvalue weighted by molar-refractivity contribution is -0.109. The van der Waals surface area contributed by atoms with Crippen molar-refractivity contribution in [1.29, 1.82) is 0 Å². The number of hydrogen-bond acceptors (Lipinski definition) is 3. The van der Waals surface area contributed by atoms with Crippen LogP contribution in [0.25, 0.3) is 0 Å². The van der Waals surface area contributed by atoms with E-state index in [0.29, 0.717) is 19.2 Å². The van der Waals surface area contributed by atoms with Gasteiger partial charge < -0.3 is 15.2 Å². The molecule has 2 rings (SSSR count). The normalized spacial score (nSPS) is 25.1. The summed E-state index contributed by atoms with van der Waals surface area (Å²) in [6, 6.07) is 8.67. The molecule has 1 saturated heterocycles. The van der Waals surface area contributed by atoms with E-state index in [4.69, 9.17) is 4.74 Å². The van der Waals surface area contributed by atoms with Crippen molar-refractivity contribution in [3.05, 3.63) is 34.3 Å². The standard InChI is InChI=1S/C14H20BrNO2/c1-14(2,17)13-8-16-12(9-18-13)7-10-3-5-11(15)6-4-10/h3-6,12-13,16-17H,7-9H2,1-2H3. The molecule has 3 nitrogen and oxygen atoms in total. The highest BCUT2D eigenvalue weighted by Crippen LogP contribution is 2.17. The number of rotatable bonds is 3. The third-order valence-electron chi connectivity index (χ3n) is 3.27. The topological polar surface area (TPSA) is 41.5 Å². The predicted molar refractivity (Wildman–Crippen MR) is 75.7 cm³/mol. The van der Waals surface area contributed by atoms with Crippen molar-refractivity contribution in [1.82, 2.24) is 5.32 Å². The van der Waals surface area contributed by atoms with Crippen LogP contribution in [0.4, 0.5) is 0 Å². The summed E-state index contributed by atoms with van der Waals surface area (Å²) in [5.41, 5.74) is 0.510. The predicted octanol–water partition coefficient (Wildman–Crippen LogP) is 2.12. The molecule has 0 aliphatic carbocycles. The quantitative estimate of drug-likeness (QED) is 0.898. The highest BCUT2D eigenvalue weighted by atomic mass is 79.9. The number of benzene rings is 1. The van der Waals surface area contributed by atoms with Crippen LogP contribution < -0.4 is 5.32 Å². The first-order valence-electron chi connectivity index (χ1n) is 6.27. The van der Waals surface area contributed by atoms with Crippen LogP contribution in [0.2, 0.25) is 0 Å². The molecule has 100 valence electrons. The zero-order chi connectivity index (χ0) is 13.2. The molecule has 2 atom stereocenters. The SMILES string of the molecule is CC(C)(O)C1CNC(Cc2ccc(Br)cc2)CO1. The van der Waals surface area contributed by atoms with E-state index >= 15 is 0 Å². The van der Waals surface area contributed by atoms with Crippen LogP contribution in [0.3, 0.4) is 0 Å². The molecule has 1 aliphatic rings. The monoisotopic (exact) mass is 313 g/mol. The van der Waals surface area contributed by atoms with E-state index in [9.17, 15) is 5.11 Å². The van der Waals surface area contributed by atoms with Crippen molar-refractivity contribution in [2.24, 2.45) is 0 Å². The fourth-order valence-corrected chi connectivity index (χ4v) is 2.38. The smallest absolute Gasteiger partial charge is 0.0981 e. The molecule has 0 radical (unpaired) electrons. The molecule has 1 heterocycles. The third-order valence-corrected chi connectivity index (χ3v) is 3.80. The summed E-state index contributed by atoms with van der Waals surface area (Å²) >= 11 is 3.43. The van der Waals surface area contributed by atoms with Crippen LogP contribution >= 0.6 is 15.9 Å². The van der Waals surface area contributed by atoms with E-state index in [0.717, 1.165) is 10.9 Å². The maximum atomic E-state index is 9.88. The van der Waals surface area contributed by atoms with Gasteiger partial charge in [0.2, 0.25) is 0 Å². The van der Waals surface area contributed by atoms with Crippen molar-refractivity contribution in [2.45, 2.75) is 38.0 Å². The maximum absolute atomic E-state index is 9.88. The summed E-state index contributed by atoms with van der Waals surface area (Å²) in [6.45, 7) is 4.91. The first-order chi connectivity index (χ1) is 8.45. The lowest BCUT2D eigenvalue weighted by atomic mass is 9.98. The number of halogens is 1. The van der Waals surface area contributed by atoms with Gasteiger partial charge in [-0.1, -0.05) is 28.1 Å². The van der Waals surface area contributed by atoms with Gasteiger partial charge in [-0.2, -0.15) is 0 Å². The van der Waals surface area contributed by atoms with Crippen molar-refractivity contribution in [3.8, 4) is 0 Å². The molecule has 18 heavy (non-hydrogen) atoms. The maximum Gasteiger partial charge on any atom is 0.0981 e. The molecular weight excluding hydrogens is 294 g/mol. The van der Waals surface area contributed by atoms with Crippen LogP contribution in [0.1, 0.15) is 19.4 Å². The number of nitrogens with one attached hydrogen (secondary N) is 1. The number of aliphatic hydroxyl groups is 1. The minimum atomic E-state index is -0.782. The summed E-state index contributed by atoms with van der Waals surface area (Å²) in [6.07, 6.45) is 0.824. The van der Waals surface area contributed by atoms with Crippen LogP contribution in [0.5, 0.6) is 0 Å². The minimum absolute atomic E-state index is 0.126. The van der Waals surface area contributed by atoms with Crippen molar-refractivity contribution < 1.29 is 9.84 Å². The summed E-state index contributed by atoms with van der Waals surface area (Å²) in [7, 11) is 0. The Morgan fingerprint density at radius 2 is 2.06 bits per heavy atom. The highest BCUT2D eigenvalue weighted by molar-refractivity contribution is 9.10. The fraction of sp³-hybridized carbons (Fsp3) is 0.571. The molecule has 2 N–H and O–H groups in total.